The van der Waals surface area contributed by atoms with E-state index in [9.17, 15) is 4.79 Å². The monoisotopic (exact) mass is 546 g/mol. The molecule has 6 N–H and O–H groups in total. The number of aliphatic imine (C=N–C) groups is 1. The molecule has 0 unspecified atom stereocenters. The second kappa shape index (κ2) is 11.7. The molecule has 2 aromatic heterocycles. The summed E-state index contributed by atoms with van der Waals surface area (Å²) in [5.74, 6) is 1.51. The van der Waals surface area contributed by atoms with Crippen molar-refractivity contribution in [1.29, 1.82) is 0 Å². The number of carbonyl (C=O) groups is 1. The summed E-state index contributed by atoms with van der Waals surface area (Å²) >= 11 is 0. The molecule has 40 heavy (non-hydrogen) atoms. The highest BCUT2D eigenvalue weighted by Crippen LogP contribution is 2.28. The number of nitrogen functional groups attached to an aromatic ring is 1. The molecule has 12 nitrogen and oxygen atoms in total. The number of nitrogens with zero attached hydrogens (tertiary/aromatic N) is 6. The van der Waals surface area contributed by atoms with Gasteiger partial charge in [0.15, 0.2) is 17.5 Å². The number of anilines is 4. The van der Waals surface area contributed by atoms with Crippen molar-refractivity contribution in [2.45, 2.75) is 39.5 Å². The Morgan fingerprint density at radius 3 is 2.65 bits per heavy atom. The Bertz CT molecular complexity index is 1420. The highest BCUT2D eigenvalue weighted by Gasteiger charge is 2.22. The van der Waals surface area contributed by atoms with Crippen molar-refractivity contribution in [2.75, 3.05) is 54.5 Å². The zero-order valence-electron chi connectivity index (χ0n) is 23.8. The minimum Gasteiger partial charge on any atom is -0.382 e. The van der Waals surface area contributed by atoms with Crippen LogP contribution in [0.15, 0.2) is 46.6 Å². The quantitative estimate of drug-likeness (QED) is 0.254. The van der Waals surface area contributed by atoms with Gasteiger partial charge in [-0.3, -0.25) is 4.79 Å². The molecule has 0 atom stereocenters. The van der Waals surface area contributed by atoms with Gasteiger partial charge in [-0.25, -0.2) is 9.98 Å². The summed E-state index contributed by atoms with van der Waals surface area (Å²) in [6, 6.07) is 6.91. The molecule has 1 amide bonds. The molecule has 1 aliphatic heterocycles. The third-order valence-corrected chi connectivity index (χ3v) is 6.62. The summed E-state index contributed by atoms with van der Waals surface area (Å²) < 4.78 is 5.37. The Labute approximate surface area is 234 Å². The van der Waals surface area contributed by atoms with Crippen molar-refractivity contribution >= 4 is 40.7 Å². The summed E-state index contributed by atoms with van der Waals surface area (Å²) in [4.78, 5) is 31.3. The van der Waals surface area contributed by atoms with E-state index in [0.717, 1.165) is 38.2 Å². The summed E-state index contributed by atoms with van der Waals surface area (Å²) in [7, 11) is 2.09. The number of amidine groups is 1. The molecular formula is C28H38N10O2. The fourth-order valence-corrected chi connectivity index (χ4v) is 4.21. The number of likely N-dealkylation sites (N-methyl/N-ethyl adjacent to an activating group) is 1. The minimum atomic E-state index is -0.350. The third-order valence-electron chi connectivity index (χ3n) is 6.62. The highest BCUT2D eigenvalue weighted by molar-refractivity contribution is 6.06. The van der Waals surface area contributed by atoms with E-state index in [1.54, 1.807) is 24.3 Å². The first-order valence-electron chi connectivity index (χ1n) is 13.2. The SMILES string of the molecule is C=CNc1c(N)nc(N2CCCN(C)CC2)nc1C(N)=Nc1cc(C(=O)Nc2cc(C(C)(C)C)on2)ccc1C. The lowest BCUT2D eigenvalue weighted by Gasteiger charge is -2.22. The van der Waals surface area contributed by atoms with Crippen molar-refractivity contribution < 1.29 is 9.32 Å². The lowest BCUT2D eigenvalue weighted by Crippen LogP contribution is -2.31. The van der Waals surface area contributed by atoms with Gasteiger partial charge in [-0.15, -0.1) is 0 Å². The van der Waals surface area contributed by atoms with E-state index in [2.05, 4.69) is 49.2 Å². The van der Waals surface area contributed by atoms with Gasteiger partial charge < -0.3 is 36.4 Å². The minimum absolute atomic E-state index is 0.124. The molecule has 0 bridgehead atoms. The molecule has 0 aliphatic carbocycles. The molecule has 1 saturated heterocycles. The first kappa shape index (κ1) is 28.6. The largest absolute Gasteiger partial charge is 0.382 e. The number of carbonyl (C=O) groups excluding carboxylic acids is 1. The number of nitrogens with two attached hydrogens (primary N) is 2. The van der Waals surface area contributed by atoms with Gasteiger partial charge in [0.25, 0.3) is 5.91 Å². The molecule has 0 saturated carbocycles. The molecule has 1 aliphatic rings. The number of hydrogen-bond acceptors (Lipinski definition) is 10. The number of rotatable bonds is 7. The predicted molar refractivity (Wildman–Crippen MR) is 159 cm³/mol. The maximum atomic E-state index is 13.0. The third kappa shape index (κ3) is 6.57. The van der Waals surface area contributed by atoms with Crippen LogP contribution in [-0.2, 0) is 5.41 Å². The van der Waals surface area contributed by atoms with E-state index >= 15 is 0 Å². The summed E-state index contributed by atoms with van der Waals surface area (Å²) in [6.07, 6.45) is 2.46. The Morgan fingerprint density at radius 1 is 1.18 bits per heavy atom. The number of amides is 1. The summed E-state index contributed by atoms with van der Waals surface area (Å²) in [5.41, 5.74) is 15.1. The number of aromatic nitrogens is 3. The van der Waals surface area contributed by atoms with E-state index < -0.39 is 0 Å². The van der Waals surface area contributed by atoms with Crippen LogP contribution in [0.25, 0.3) is 0 Å². The number of nitrogens with one attached hydrogen (secondary N) is 2. The number of benzene rings is 1. The van der Waals surface area contributed by atoms with Crippen LogP contribution in [0.3, 0.4) is 0 Å². The number of hydrogen-bond donors (Lipinski definition) is 4. The molecule has 0 spiro atoms. The van der Waals surface area contributed by atoms with E-state index in [-0.39, 0.29) is 23.0 Å². The maximum absolute atomic E-state index is 13.0. The Morgan fingerprint density at radius 2 is 1.95 bits per heavy atom. The predicted octanol–water partition coefficient (Wildman–Crippen LogP) is 3.64. The fraction of sp³-hybridized carbons (Fsp3) is 0.393. The van der Waals surface area contributed by atoms with E-state index in [1.807, 2.05) is 27.7 Å². The van der Waals surface area contributed by atoms with E-state index in [1.165, 1.54) is 6.20 Å². The Hall–Kier alpha value is -4.45. The van der Waals surface area contributed by atoms with Crippen LogP contribution in [0.2, 0.25) is 0 Å². The molecule has 1 aromatic carbocycles. The Balaban J connectivity index is 1.65. The van der Waals surface area contributed by atoms with E-state index in [4.69, 9.17) is 21.0 Å². The second-order valence-corrected chi connectivity index (χ2v) is 10.9. The van der Waals surface area contributed by atoms with Crippen LogP contribution in [-0.4, -0.2) is 65.0 Å². The summed E-state index contributed by atoms with van der Waals surface area (Å²) in [5, 5.41) is 9.73. The first-order chi connectivity index (χ1) is 19.0. The van der Waals surface area contributed by atoms with Crippen LogP contribution in [0.5, 0.6) is 0 Å². The normalized spacial score (nSPS) is 15.0. The molecule has 212 valence electrons. The van der Waals surface area contributed by atoms with Crippen LogP contribution >= 0.6 is 0 Å². The molecule has 3 aromatic rings. The lowest BCUT2D eigenvalue weighted by atomic mass is 9.93. The van der Waals surface area contributed by atoms with E-state index in [0.29, 0.717) is 40.2 Å². The molecular weight excluding hydrogens is 508 g/mol. The van der Waals surface area contributed by atoms with Crippen LogP contribution in [0.1, 0.15) is 54.6 Å². The average Bonchev–Trinajstić information content (AvgIpc) is 3.27. The van der Waals surface area contributed by atoms with Gasteiger partial charge in [0.1, 0.15) is 17.1 Å². The second-order valence-electron chi connectivity index (χ2n) is 10.9. The van der Waals surface area contributed by atoms with Crippen molar-refractivity contribution in [3.05, 3.63) is 59.6 Å². The lowest BCUT2D eigenvalue weighted by molar-refractivity contribution is 0.102. The van der Waals surface area contributed by atoms with Gasteiger partial charge in [-0.1, -0.05) is 38.6 Å². The van der Waals surface area contributed by atoms with Crippen molar-refractivity contribution in [3.8, 4) is 0 Å². The van der Waals surface area contributed by atoms with Crippen molar-refractivity contribution in [1.82, 2.24) is 20.0 Å². The molecule has 1 fully saturated rings. The van der Waals surface area contributed by atoms with Crippen molar-refractivity contribution in [3.63, 3.8) is 0 Å². The van der Waals surface area contributed by atoms with Gasteiger partial charge in [0.05, 0.1) is 5.69 Å². The fourth-order valence-electron chi connectivity index (χ4n) is 4.21. The smallest absolute Gasteiger partial charge is 0.256 e. The highest BCUT2D eigenvalue weighted by atomic mass is 16.5. The zero-order chi connectivity index (χ0) is 29.0. The van der Waals surface area contributed by atoms with Crippen LogP contribution in [0.4, 0.5) is 29.0 Å². The van der Waals surface area contributed by atoms with Gasteiger partial charge in [-0.05, 0) is 50.8 Å². The molecule has 3 heterocycles. The van der Waals surface area contributed by atoms with Crippen LogP contribution in [0, 0.1) is 6.92 Å². The zero-order valence-corrected chi connectivity index (χ0v) is 23.8. The van der Waals surface area contributed by atoms with Gasteiger partial charge >= 0.3 is 0 Å². The van der Waals surface area contributed by atoms with Crippen LogP contribution < -0.4 is 27.0 Å². The standard InChI is InChI=1S/C28H38N10O2/c1-7-31-22-23(34-27(35-24(22)29)38-12-8-11-37(6)13-14-38)25(30)32-19-15-18(10-9-17(19)2)26(39)33-21-16-20(40-36-21)28(3,4)5/h7,9-10,15-16,31H,1,8,11-14H2,2-6H3,(H2,30,32)(H2,29,34,35)(H,33,36,39). The van der Waals surface area contributed by atoms with Crippen molar-refractivity contribution in [2.24, 2.45) is 10.7 Å². The van der Waals surface area contributed by atoms with Gasteiger partial charge in [-0.2, -0.15) is 4.98 Å². The van der Waals surface area contributed by atoms with Gasteiger partial charge in [0.2, 0.25) is 5.95 Å². The summed E-state index contributed by atoms with van der Waals surface area (Å²) in [6.45, 7) is 15.1. The first-order valence-corrected chi connectivity index (χ1v) is 13.2. The average molecular weight is 547 g/mol. The Kier molecular flexibility index (Phi) is 8.38. The molecule has 4 rings (SSSR count). The maximum Gasteiger partial charge on any atom is 0.256 e. The topological polar surface area (TPSA) is 164 Å². The number of aryl methyl sites for hydroxylation is 1. The molecule has 12 heteroatoms. The molecule has 0 radical (unpaired) electrons. The van der Waals surface area contributed by atoms with Gasteiger partial charge in [0, 0.05) is 36.7 Å².